The van der Waals surface area contributed by atoms with E-state index in [4.69, 9.17) is 13.9 Å². The highest BCUT2D eigenvalue weighted by molar-refractivity contribution is 6.05. The third-order valence-electron chi connectivity index (χ3n) is 5.06. The van der Waals surface area contributed by atoms with Crippen LogP contribution in [0.3, 0.4) is 0 Å². The van der Waals surface area contributed by atoms with Crippen molar-refractivity contribution in [1.29, 1.82) is 0 Å². The molecule has 0 radical (unpaired) electrons. The van der Waals surface area contributed by atoms with Crippen LogP contribution in [0.2, 0.25) is 0 Å². The van der Waals surface area contributed by atoms with Crippen LogP contribution < -0.4 is 10.1 Å². The smallest absolute Gasteiger partial charge is 0.339 e. The van der Waals surface area contributed by atoms with E-state index in [-0.39, 0.29) is 11.6 Å². The van der Waals surface area contributed by atoms with Gasteiger partial charge in [-0.1, -0.05) is 0 Å². The standard InChI is InChI=1S/C24H24N4O5/c1-14(2)28-22-19(13-25-28)18(12-20(27-22)21-6-5-11-32-21)24(30)33-15(3)23(29)26-16-7-9-17(31-4)10-8-16/h5-15H,1-4H3,(H,26,29). The average Bonchev–Trinajstić information content (AvgIpc) is 3.49. The zero-order valence-electron chi connectivity index (χ0n) is 18.7. The largest absolute Gasteiger partial charge is 0.497 e. The first-order valence-electron chi connectivity index (χ1n) is 10.5. The molecule has 1 unspecified atom stereocenters. The lowest BCUT2D eigenvalue weighted by Crippen LogP contribution is -2.30. The molecule has 3 heterocycles. The molecule has 1 atom stereocenters. The van der Waals surface area contributed by atoms with Gasteiger partial charge in [0.15, 0.2) is 17.5 Å². The number of anilines is 1. The van der Waals surface area contributed by atoms with E-state index in [1.165, 1.54) is 13.2 Å². The van der Waals surface area contributed by atoms with Gasteiger partial charge < -0.3 is 19.2 Å². The first-order chi connectivity index (χ1) is 15.9. The van der Waals surface area contributed by atoms with E-state index in [2.05, 4.69) is 15.4 Å². The van der Waals surface area contributed by atoms with Gasteiger partial charge in [-0.2, -0.15) is 5.10 Å². The van der Waals surface area contributed by atoms with Crippen molar-refractivity contribution in [2.75, 3.05) is 12.4 Å². The van der Waals surface area contributed by atoms with Crippen LogP contribution in [0.1, 0.15) is 37.2 Å². The number of esters is 1. The Morgan fingerprint density at radius 1 is 1.12 bits per heavy atom. The molecule has 9 heteroatoms. The van der Waals surface area contributed by atoms with E-state index in [1.54, 1.807) is 60.5 Å². The van der Waals surface area contributed by atoms with Crippen LogP contribution in [-0.4, -0.2) is 39.9 Å². The highest BCUT2D eigenvalue weighted by Gasteiger charge is 2.24. The molecule has 4 rings (SSSR count). The average molecular weight is 448 g/mol. The van der Waals surface area contributed by atoms with Crippen molar-refractivity contribution in [3.8, 4) is 17.2 Å². The summed E-state index contributed by atoms with van der Waals surface area (Å²) in [5.74, 6) is 0.0649. The van der Waals surface area contributed by atoms with E-state index in [1.807, 2.05) is 13.8 Å². The third-order valence-corrected chi connectivity index (χ3v) is 5.06. The SMILES string of the molecule is COc1ccc(NC(=O)C(C)OC(=O)c2cc(-c3ccco3)nc3c2cnn3C(C)C)cc1. The maximum atomic E-state index is 13.1. The number of nitrogens with one attached hydrogen (secondary N) is 1. The molecule has 1 amide bonds. The first kappa shape index (κ1) is 22.1. The highest BCUT2D eigenvalue weighted by Crippen LogP contribution is 2.27. The lowest BCUT2D eigenvalue weighted by atomic mass is 10.1. The summed E-state index contributed by atoms with van der Waals surface area (Å²) >= 11 is 0. The predicted molar refractivity (Wildman–Crippen MR) is 122 cm³/mol. The van der Waals surface area contributed by atoms with E-state index in [9.17, 15) is 9.59 Å². The van der Waals surface area contributed by atoms with E-state index in [0.717, 1.165) is 0 Å². The number of benzene rings is 1. The zero-order chi connectivity index (χ0) is 23.5. The van der Waals surface area contributed by atoms with Crippen molar-refractivity contribution in [1.82, 2.24) is 14.8 Å². The Balaban J connectivity index is 1.59. The van der Waals surface area contributed by atoms with E-state index < -0.39 is 18.0 Å². The Hall–Kier alpha value is -4.14. The summed E-state index contributed by atoms with van der Waals surface area (Å²) < 4.78 is 17.8. The van der Waals surface area contributed by atoms with Crippen LogP contribution in [0.25, 0.3) is 22.5 Å². The lowest BCUT2D eigenvalue weighted by Gasteiger charge is -2.15. The molecule has 0 spiro atoms. The molecular weight excluding hydrogens is 424 g/mol. The molecule has 1 N–H and O–H groups in total. The van der Waals surface area contributed by atoms with Crippen LogP contribution in [-0.2, 0) is 9.53 Å². The number of pyridine rings is 1. The first-order valence-corrected chi connectivity index (χ1v) is 10.5. The highest BCUT2D eigenvalue weighted by atomic mass is 16.5. The second-order valence-electron chi connectivity index (χ2n) is 7.72. The number of rotatable bonds is 7. The van der Waals surface area contributed by atoms with Crippen LogP contribution in [0.4, 0.5) is 5.69 Å². The maximum absolute atomic E-state index is 13.1. The second kappa shape index (κ2) is 9.15. The zero-order valence-corrected chi connectivity index (χ0v) is 18.7. The summed E-state index contributed by atoms with van der Waals surface area (Å²) in [4.78, 5) is 30.3. The van der Waals surface area contributed by atoms with Crippen molar-refractivity contribution >= 4 is 28.6 Å². The van der Waals surface area contributed by atoms with Gasteiger partial charge in [0.2, 0.25) is 0 Å². The normalized spacial score (nSPS) is 12.0. The number of ether oxygens (including phenoxy) is 2. The molecule has 33 heavy (non-hydrogen) atoms. The van der Waals surface area contributed by atoms with Gasteiger partial charge in [0.05, 0.1) is 30.5 Å². The number of hydrogen-bond acceptors (Lipinski definition) is 7. The number of amides is 1. The Labute approximate surface area is 190 Å². The number of fused-ring (bicyclic) bond motifs is 1. The summed E-state index contributed by atoms with van der Waals surface area (Å²) in [6.45, 7) is 5.45. The van der Waals surface area contributed by atoms with E-state index >= 15 is 0 Å². The number of carbonyl (C=O) groups is 2. The lowest BCUT2D eigenvalue weighted by molar-refractivity contribution is -0.123. The summed E-state index contributed by atoms with van der Waals surface area (Å²) in [5, 5.41) is 7.63. The number of methoxy groups -OCH3 is 1. The van der Waals surface area contributed by atoms with Crippen LogP contribution in [0.15, 0.2) is 59.3 Å². The predicted octanol–water partition coefficient (Wildman–Crippen LogP) is 4.46. The van der Waals surface area contributed by atoms with Crippen molar-refractivity contribution in [3.05, 3.63) is 60.5 Å². The van der Waals surface area contributed by atoms with Gasteiger partial charge in [-0.05, 0) is 63.2 Å². The van der Waals surface area contributed by atoms with Crippen molar-refractivity contribution in [2.24, 2.45) is 0 Å². The molecular formula is C24H24N4O5. The monoisotopic (exact) mass is 448 g/mol. The Bertz CT molecular complexity index is 1280. The van der Waals surface area contributed by atoms with Gasteiger partial charge in [-0.3, -0.25) is 4.79 Å². The number of aromatic nitrogens is 3. The molecule has 0 aliphatic heterocycles. The molecule has 1 aromatic carbocycles. The minimum Gasteiger partial charge on any atom is -0.497 e. The summed E-state index contributed by atoms with van der Waals surface area (Å²) in [6.07, 6.45) is 2.08. The van der Waals surface area contributed by atoms with Gasteiger partial charge in [-0.15, -0.1) is 0 Å². The fraction of sp³-hybridized carbons (Fsp3) is 0.250. The minimum absolute atomic E-state index is 0.0277. The number of nitrogens with zero attached hydrogens (tertiary/aromatic N) is 3. The fourth-order valence-electron chi connectivity index (χ4n) is 3.31. The van der Waals surface area contributed by atoms with Gasteiger partial charge in [0, 0.05) is 11.7 Å². The third kappa shape index (κ3) is 4.57. The molecule has 9 nitrogen and oxygen atoms in total. The van der Waals surface area contributed by atoms with Crippen LogP contribution in [0.5, 0.6) is 5.75 Å². The molecule has 0 saturated heterocycles. The fourth-order valence-corrected chi connectivity index (χ4v) is 3.31. The van der Waals surface area contributed by atoms with Crippen molar-refractivity contribution in [2.45, 2.75) is 32.9 Å². The number of hydrogen-bond donors (Lipinski definition) is 1. The molecule has 0 aliphatic rings. The molecule has 170 valence electrons. The number of furan rings is 1. The molecule has 0 fully saturated rings. The summed E-state index contributed by atoms with van der Waals surface area (Å²) in [5.41, 5.74) is 1.81. The summed E-state index contributed by atoms with van der Waals surface area (Å²) in [7, 11) is 1.56. The van der Waals surface area contributed by atoms with E-state index in [0.29, 0.717) is 33.9 Å². The topological polar surface area (TPSA) is 108 Å². The van der Waals surface area contributed by atoms with Gasteiger partial charge in [0.25, 0.3) is 5.91 Å². The maximum Gasteiger partial charge on any atom is 0.339 e. The van der Waals surface area contributed by atoms with Gasteiger partial charge >= 0.3 is 5.97 Å². The summed E-state index contributed by atoms with van der Waals surface area (Å²) in [6, 6.07) is 12.0. The Morgan fingerprint density at radius 3 is 2.52 bits per heavy atom. The van der Waals surface area contributed by atoms with Gasteiger partial charge in [-0.25, -0.2) is 14.5 Å². The quantitative estimate of drug-likeness (QED) is 0.416. The second-order valence-corrected chi connectivity index (χ2v) is 7.72. The molecule has 3 aromatic heterocycles. The Kier molecular flexibility index (Phi) is 6.12. The van der Waals surface area contributed by atoms with Gasteiger partial charge in [0.1, 0.15) is 11.4 Å². The minimum atomic E-state index is -1.03. The van der Waals surface area contributed by atoms with Crippen molar-refractivity contribution < 1.29 is 23.5 Å². The molecule has 0 aliphatic carbocycles. The Morgan fingerprint density at radius 2 is 1.88 bits per heavy atom. The molecule has 0 saturated carbocycles. The molecule has 4 aromatic rings. The number of carbonyl (C=O) groups excluding carboxylic acids is 2. The molecule has 0 bridgehead atoms. The van der Waals surface area contributed by atoms with Crippen LogP contribution >= 0.6 is 0 Å². The van der Waals surface area contributed by atoms with Crippen molar-refractivity contribution in [3.63, 3.8) is 0 Å². The van der Waals surface area contributed by atoms with Crippen LogP contribution in [0, 0.1) is 0 Å².